The Balaban J connectivity index is 2.28. The maximum atomic E-state index is 14.2. The van der Waals surface area contributed by atoms with Crippen LogP contribution in [0.2, 0.25) is 0 Å². The third-order valence-electron chi connectivity index (χ3n) is 4.26. The summed E-state index contributed by atoms with van der Waals surface area (Å²) >= 11 is 0.187. The Labute approximate surface area is 181 Å². The van der Waals surface area contributed by atoms with E-state index in [0.717, 1.165) is 0 Å². The van der Waals surface area contributed by atoms with Crippen LogP contribution in [-0.4, -0.2) is 10.8 Å². The Morgan fingerprint density at radius 3 is 1.88 bits per heavy atom. The number of rotatable bonds is 3. The zero-order valence-corrected chi connectivity index (χ0v) is 16.4. The van der Waals surface area contributed by atoms with Crippen molar-refractivity contribution in [1.29, 1.82) is 0 Å². The van der Waals surface area contributed by atoms with Gasteiger partial charge in [0.15, 0.2) is 5.13 Å². The van der Waals surface area contributed by atoms with E-state index in [1.165, 1.54) is 0 Å². The monoisotopic (exact) mass is 502 g/mol. The van der Waals surface area contributed by atoms with Gasteiger partial charge < -0.3 is 5.73 Å². The van der Waals surface area contributed by atoms with E-state index in [-0.39, 0.29) is 29.5 Å². The van der Waals surface area contributed by atoms with Gasteiger partial charge in [-0.25, -0.2) is 9.37 Å². The molecule has 1 aromatic heterocycles. The van der Waals surface area contributed by atoms with Crippen molar-refractivity contribution in [3.63, 3.8) is 0 Å². The molecule has 33 heavy (non-hydrogen) atoms. The number of nitrogens with zero attached hydrogens (tertiary/aromatic N) is 1. The summed E-state index contributed by atoms with van der Waals surface area (Å²) in [6.07, 6.45) is -15.7. The van der Waals surface area contributed by atoms with Gasteiger partial charge in [0.2, 0.25) is 5.78 Å². The van der Waals surface area contributed by atoms with Crippen molar-refractivity contribution in [2.45, 2.75) is 18.5 Å². The third-order valence-corrected chi connectivity index (χ3v) is 5.14. The molecule has 0 bridgehead atoms. The number of hydrogen-bond donors (Lipinski definition) is 1. The minimum atomic E-state index is -5.24. The first kappa shape index (κ1) is 24.5. The predicted octanol–water partition coefficient (Wildman–Crippen LogP) is 6.82. The maximum absolute atomic E-state index is 14.2. The quantitative estimate of drug-likeness (QED) is 0.316. The fourth-order valence-electron chi connectivity index (χ4n) is 2.88. The summed E-state index contributed by atoms with van der Waals surface area (Å²) in [5.41, 5.74) is -2.97. The van der Waals surface area contributed by atoms with Gasteiger partial charge in [0.1, 0.15) is 10.7 Å². The van der Waals surface area contributed by atoms with Crippen LogP contribution in [0, 0.1) is 5.82 Å². The van der Waals surface area contributed by atoms with Gasteiger partial charge in [0, 0.05) is 5.56 Å². The smallest absolute Gasteiger partial charge is 0.375 e. The lowest BCUT2D eigenvalue weighted by Crippen LogP contribution is -2.16. The first-order valence-corrected chi connectivity index (χ1v) is 9.28. The molecule has 3 rings (SSSR count). The molecule has 0 unspecified atom stereocenters. The summed E-state index contributed by atoms with van der Waals surface area (Å²) in [4.78, 5) is 15.5. The van der Waals surface area contributed by atoms with Gasteiger partial charge in [-0.3, -0.25) is 4.79 Å². The van der Waals surface area contributed by atoms with Crippen molar-refractivity contribution >= 4 is 22.3 Å². The number of halogens is 10. The average Bonchev–Trinajstić information content (AvgIpc) is 3.06. The second-order valence-electron chi connectivity index (χ2n) is 6.51. The normalized spacial score (nSPS) is 12.8. The van der Waals surface area contributed by atoms with Crippen molar-refractivity contribution in [2.75, 3.05) is 5.73 Å². The highest BCUT2D eigenvalue weighted by Crippen LogP contribution is 2.42. The minimum absolute atomic E-state index is 0.181. The van der Waals surface area contributed by atoms with Crippen LogP contribution in [0.5, 0.6) is 0 Å². The second kappa shape index (κ2) is 8.01. The molecule has 0 saturated carbocycles. The molecule has 176 valence electrons. The molecule has 0 aliphatic heterocycles. The second-order valence-corrected chi connectivity index (χ2v) is 7.54. The van der Waals surface area contributed by atoms with Gasteiger partial charge in [-0.1, -0.05) is 17.4 Å². The fraction of sp³-hybridized carbons (Fsp3) is 0.158. The molecule has 14 heteroatoms. The summed E-state index contributed by atoms with van der Waals surface area (Å²) in [7, 11) is 0. The van der Waals surface area contributed by atoms with E-state index < -0.39 is 73.6 Å². The molecule has 2 aromatic carbocycles. The van der Waals surface area contributed by atoms with E-state index in [9.17, 15) is 48.7 Å². The van der Waals surface area contributed by atoms with E-state index in [4.69, 9.17) is 5.73 Å². The van der Waals surface area contributed by atoms with Crippen LogP contribution in [0.3, 0.4) is 0 Å². The van der Waals surface area contributed by atoms with Crippen molar-refractivity contribution < 1.29 is 48.7 Å². The lowest BCUT2D eigenvalue weighted by molar-refractivity contribution is -0.143. The maximum Gasteiger partial charge on any atom is 0.417 e. The lowest BCUT2D eigenvalue weighted by Gasteiger charge is -2.15. The SMILES string of the molecule is Nc1nc(-c2cc(C(F)(F)F)cc(C(F)(F)F)c2)c(C(=O)c2c(F)cccc2C(F)(F)F)s1. The van der Waals surface area contributed by atoms with Crippen molar-refractivity contribution in [2.24, 2.45) is 0 Å². The summed E-state index contributed by atoms with van der Waals surface area (Å²) < 4.78 is 133. The lowest BCUT2D eigenvalue weighted by atomic mass is 9.97. The number of ketones is 1. The summed E-state index contributed by atoms with van der Waals surface area (Å²) in [5.74, 6) is -3.26. The number of benzene rings is 2. The van der Waals surface area contributed by atoms with Gasteiger partial charge in [-0.05, 0) is 30.3 Å². The van der Waals surface area contributed by atoms with Crippen LogP contribution in [0.15, 0.2) is 36.4 Å². The number of carbonyl (C=O) groups excluding carboxylic acids is 1. The Kier molecular flexibility index (Phi) is 5.94. The minimum Gasteiger partial charge on any atom is -0.375 e. The topological polar surface area (TPSA) is 56.0 Å². The van der Waals surface area contributed by atoms with Crippen LogP contribution in [-0.2, 0) is 18.5 Å². The first-order chi connectivity index (χ1) is 15.0. The van der Waals surface area contributed by atoms with Crippen LogP contribution in [0.4, 0.5) is 49.0 Å². The Morgan fingerprint density at radius 1 is 0.848 bits per heavy atom. The van der Waals surface area contributed by atoms with Gasteiger partial charge in [-0.15, -0.1) is 0 Å². The van der Waals surface area contributed by atoms with Crippen LogP contribution in [0.25, 0.3) is 11.3 Å². The van der Waals surface area contributed by atoms with E-state index in [1.54, 1.807) is 0 Å². The van der Waals surface area contributed by atoms with E-state index in [1.807, 2.05) is 0 Å². The highest BCUT2D eigenvalue weighted by atomic mass is 32.1. The summed E-state index contributed by atoms with van der Waals surface area (Å²) in [5, 5.41) is -0.552. The molecule has 3 nitrogen and oxygen atoms in total. The fourth-order valence-corrected chi connectivity index (χ4v) is 3.68. The molecule has 0 atom stereocenters. The van der Waals surface area contributed by atoms with Crippen LogP contribution in [0.1, 0.15) is 31.9 Å². The van der Waals surface area contributed by atoms with Crippen LogP contribution >= 0.6 is 11.3 Å². The molecule has 0 fully saturated rings. The number of hydrogen-bond acceptors (Lipinski definition) is 4. The molecule has 1 heterocycles. The number of thiazole rings is 1. The molecule has 0 spiro atoms. The highest BCUT2D eigenvalue weighted by molar-refractivity contribution is 7.18. The number of alkyl halides is 9. The average molecular weight is 502 g/mol. The van der Waals surface area contributed by atoms with E-state index in [0.29, 0.717) is 18.2 Å². The summed E-state index contributed by atoms with van der Waals surface area (Å²) in [6, 6.07) is 1.89. The summed E-state index contributed by atoms with van der Waals surface area (Å²) in [6.45, 7) is 0. The van der Waals surface area contributed by atoms with Crippen LogP contribution < -0.4 is 5.73 Å². The molecular formula is C19H8F10N2OS. The molecule has 3 aromatic rings. The Bertz CT molecular complexity index is 1190. The van der Waals surface area contributed by atoms with Crippen molar-refractivity contribution in [3.8, 4) is 11.3 Å². The third kappa shape index (κ3) is 4.94. The molecule has 0 aliphatic carbocycles. The largest absolute Gasteiger partial charge is 0.417 e. The van der Waals surface area contributed by atoms with Crippen molar-refractivity contribution in [1.82, 2.24) is 4.98 Å². The molecule has 0 saturated heterocycles. The Hall–Kier alpha value is -3.16. The highest BCUT2D eigenvalue weighted by Gasteiger charge is 2.40. The van der Waals surface area contributed by atoms with Gasteiger partial charge >= 0.3 is 18.5 Å². The van der Waals surface area contributed by atoms with E-state index >= 15 is 0 Å². The molecule has 0 radical (unpaired) electrons. The molecule has 0 amide bonds. The number of nitrogens with two attached hydrogens (primary N) is 1. The predicted molar refractivity (Wildman–Crippen MR) is 96.8 cm³/mol. The molecular weight excluding hydrogens is 494 g/mol. The Morgan fingerprint density at radius 2 is 1.39 bits per heavy atom. The van der Waals surface area contributed by atoms with Gasteiger partial charge in [0.25, 0.3) is 0 Å². The van der Waals surface area contributed by atoms with Crippen molar-refractivity contribution in [3.05, 3.63) is 69.3 Å². The zero-order chi connectivity index (χ0) is 24.9. The van der Waals surface area contributed by atoms with Gasteiger partial charge in [0.05, 0.1) is 27.9 Å². The molecule has 0 aliphatic rings. The van der Waals surface area contributed by atoms with E-state index in [2.05, 4.69) is 4.98 Å². The number of anilines is 1. The number of carbonyl (C=O) groups is 1. The molecule has 2 N–H and O–H groups in total. The number of nitrogen functional groups attached to an aromatic ring is 1. The standard InChI is InChI=1S/C19H8F10N2OS/c20-11-3-1-2-10(19(27,28)29)12(11)14(32)15-13(31-16(30)33-15)7-4-8(17(21,22)23)6-9(5-7)18(24,25)26/h1-6H,(H2,30,31). The zero-order valence-electron chi connectivity index (χ0n) is 15.6. The number of aromatic nitrogens is 1. The van der Waals surface area contributed by atoms with Gasteiger partial charge in [-0.2, -0.15) is 39.5 Å². The first-order valence-electron chi connectivity index (χ1n) is 8.46.